The number of nitrogens with zero attached hydrogens (tertiary/aromatic N) is 1. The smallest absolute Gasteiger partial charge is 0.0573 e. The van der Waals surface area contributed by atoms with E-state index in [1.165, 1.54) is 21.2 Å². The van der Waals surface area contributed by atoms with Crippen molar-refractivity contribution in [2.24, 2.45) is 5.92 Å². The summed E-state index contributed by atoms with van der Waals surface area (Å²) in [5.41, 5.74) is 3.59. The Bertz CT molecular complexity index is 839. The molecule has 0 unspecified atom stereocenters. The molecule has 0 aromatic heterocycles. The standard InChI is InChI=1S/C20H15NS/c1-21-17-8-4-5-9-19(17)22-20-14-16(12-13-18(20)21)11-10-15-6-2-3-7-15/h2-9,12-15H,1H3. The van der Waals surface area contributed by atoms with E-state index >= 15 is 0 Å². The Balaban J connectivity index is 1.68. The average molecular weight is 301 g/mol. The van der Waals surface area contributed by atoms with E-state index < -0.39 is 0 Å². The van der Waals surface area contributed by atoms with E-state index in [0.29, 0.717) is 0 Å². The first-order valence-corrected chi connectivity index (χ1v) is 8.14. The van der Waals surface area contributed by atoms with Crippen molar-refractivity contribution < 1.29 is 0 Å². The van der Waals surface area contributed by atoms with Gasteiger partial charge in [-0.15, -0.1) is 0 Å². The van der Waals surface area contributed by atoms with Crippen molar-refractivity contribution in [3.05, 3.63) is 72.3 Å². The second-order valence-electron chi connectivity index (χ2n) is 5.38. The van der Waals surface area contributed by atoms with Gasteiger partial charge in [0.25, 0.3) is 0 Å². The third kappa shape index (κ3) is 2.34. The summed E-state index contributed by atoms with van der Waals surface area (Å²) in [7, 11) is 2.12. The largest absolute Gasteiger partial charge is 0.343 e. The van der Waals surface area contributed by atoms with E-state index in [9.17, 15) is 0 Å². The lowest BCUT2D eigenvalue weighted by atomic mass is 10.1. The minimum Gasteiger partial charge on any atom is -0.343 e. The van der Waals surface area contributed by atoms with Crippen molar-refractivity contribution in [2.75, 3.05) is 11.9 Å². The highest BCUT2D eigenvalue weighted by atomic mass is 32.2. The lowest BCUT2D eigenvalue weighted by Gasteiger charge is -2.29. The lowest BCUT2D eigenvalue weighted by Crippen LogP contribution is -2.14. The molecule has 2 aliphatic rings. The molecule has 0 saturated carbocycles. The van der Waals surface area contributed by atoms with Gasteiger partial charge in [-0.05, 0) is 30.3 Å². The van der Waals surface area contributed by atoms with Crippen LogP contribution in [0.15, 0.2) is 76.6 Å². The number of fused-ring (bicyclic) bond motifs is 2. The molecule has 0 saturated heterocycles. The van der Waals surface area contributed by atoms with Crippen LogP contribution in [-0.4, -0.2) is 7.05 Å². The van der Waals surface area contributed by atoms with Crippen molar-refractivity contribution in [2.45, 2.75) is 9.79 Å². The van der Waals surface area contributed by atoms with Gasteiger partial charge in [0.1, 0.15) is 0 Å². The molecule has 22 heavy (non-hydrogen) atoms. The van der Waals surface area contributed by atoms with Crippen LogP contribution in [-0.2, 0) is 0 Å². The van der Waals surface area contributed by atoms with Gasteiger partial charge in [-0.25, -0.2) is 0 Å². The van der Waals surface area contributed by atoms with Crippen LogP contribution in [0.1, 0.15) is 5.56 Å². The van der Waals surface area contributed by atoms with Crippen molar-refractivity contribution >= 4 is 23.1 Å². The highest BCUT2D eigenvalue weighted by Crippen LogP contribution is 2.47. The molecule has 1 heterocycles. The first kappa shape index (κ1) is 13.3. The Morgan fingerprint density at radius 2 is 1.73 bits per heavy atom. The maximum absolute atomic E-state index is 3.29. The number of rotatable bonds is 0. The van der Waals surface area contributed by atoms with Gasteiger partial charge in [-0.3, -0.25) is 0 Å². The molecular formula is C20H15NS. The highest BCUT2D eigenvalue weighted by Gasteiger charge is 2.20. The van der Waals surface area contributed by atoms with E-state index in [2.05, 4.69) is 78.4 Å². The molecule has 0 radical (unpaired) electrons. The van der Waals surface area contributed by atoms with Crippen LogP contribution in [0.3, 0.4) is 0 Å². The Morgan fingerprint density at radius 3 is 2.59 bits per heavy atom. The molecule has 1 nitrogen and oxygen atoms in total. The Morgan fingerprint density at radius 1 is 0.955 bits per heavy atom. The fraction of sp³-hybridized carbons (Fsp3) is 0.100. The van der Waals surface area contributed by atoms with E-state index in [1.807, 2.05) is 23.9 Å². The summed E-state index contributed by atoms with van der Waals surface area (Å²) >= 11 is 1.82. The summed E-state index contributed by atoms with van der Waals surface area (Å²) < 4.78 is 0. The van der Waals surface area contributed by atoms with E-state index in [-0.39, 0.29) is 5.92 Å². The van der Waals surface area contributed by atoms with Crippen molar-refractivity contribution in [1.29, 1.82) is 0 Å². The van der Waals surface area contributed by atoms with E-state index in [4.69, 9.17) is 0 Å². The van der Waals surface area contributed by atoms with Gasteiger partial charge >= 0.3 is 0 Å². The van der Waals surface area contributed by atoms with Gasteiger partial charge in [0, 0.05) is 22.4 Å². The van der Waals surface area contributed by atoms with Crippen molar-refractivity contribution in [1.82, 2.24) is 0 Å². The number of allylic oxidation sites excluding steroid dienone is 4. The zero-order valence-corrected chi connectivity index (χ0v) is 13.1. The first-order chi connectivity index (χ1) is 10.8. The molecule has 2 aromatic carbocycles. The number of anilines is 2. The Labute approximate surface area is 135 Å². The average Bonchev–Trinajstić information content (AvgIpc) is 3.06. The Hall–Kier alpha value is -2.37. The van der Waals surface area contributed by atoms with Gasteiger partial charge in [-0.1, -0.05) is 60.0 Å². The van der Waals surface area contributed by atoms with Crippen LogP contribution in [0, 0.1) is 17.8 Å². The monoisotopic (exact) mass is 301 g/mol. The zero-order chi connectivity index (χ0) is 14.9. The maximum Gasteiger partial charge on any atom is 0.0573 e. The van der Waals surface area contributed by atoms with E-state index in [0.717, 1.165) is 5.56 Å². The second-order valence-corrected chi connectivity index (χ2v) is 6.46. The van der Waals surface area contributed by atoms with Gasteiger partial charge in [0.2, 0.25) is 0 Å². The van der Waals surface area contributed by atoms with Crippen molar-refractivity contribution in [3.8, 4) is 11.8 Å². The topological polar surface area (TPSA) is 3.24 Å². The summed E-state index contributed by atoms with van der Waals surface area (Å²) in [6, 6.07) is 15.0. The molecule has 0 fully saturated rings. The second kappa shape index (κ2) is 5.44. The van der Waals surface area contributed by atoms with Crippen molar-refractivity contribution in [3.63, 3.8) is 0 Å². The summed E-state index contributed by atoms with van der Waals surface area (Å²) in [6.07, 6.45) is 8.33. The maximum atomic E-state index is 3.29. The summed E-state index contributed by atoms with van der Waals surface area (Å²) in [6.45, 7) is 0. The molecule has 1 aliphatic carbocycles. The summed E-state index contributed by atoms with van der Waals surface area (Å²) in [5, 5.41) is 0. The lowest BCUT2D eigenvalue weighted by molar-refractivity contribution is 1.11. The molecule has 0 amide bonds. The number of benzene rings is 2. The molecule has 0 atom stereocenters. The number of hydrogen-bond acceptors (Lipinski definition) is 2. The quantitative estimate of drug-likeness (QED) is 0.629. The molecule has 0 bridgehead atoms. The van der Waals surface area contributed by atoms with Crippen LogP contribution in [0.25, 0.3) is 0 Å². The predicted molar refractivity (Wildman–Crippen MR) is 93.7 cm³/mol. The first-order valence-electron chi connectivity index (χ1n) is 7.32. The summed E-state index contributed by atoms with van der Waals surface area (Å²) in [5.74, 6) is 6.84. The summed E-state index contributed by atoms with van der Waals surface area (Å²) in [4.78, 5) is 4.82. The molecule has 0 spiro atoms. The van der Waals surface area contributed by atoms with Gasteiger partial charge < -0.3 is 4.90 Å². The van der Waals surface area contributed by atoms with Crippen LogP contribution in [0.2, 0.25) is 0 Å². The van der Waals surface area contributed by atoms with Crippen LogP contribution < -0.4 is 4.90 Å². The molecule has 0 N–H and O–H groups in total. The van der Waals surface area contributed by atoms with Gasteiger partial charge in [0.15, 0.2) is 0 Å². The van der Waals surface area contributed by atoms with Crippen LogP contribution in [0.5, 0.6) is 0 Å². The van der Waals surface area contributed by atoms with Gasteiger partial charge in [0.05, 0.1) is 17.3 Å². The molecular weight excluding hydrogens is 286 g/mol. The minimum absolute atomic E-state index is 0.257. The molecule has 2 heteroatoms. The predicted octanol–water partition coefficient (Wildman–Crippen LogP) is 5.01. The fourth-order valence-electron chi connectivity index (χ4n) is 2.71. The third-order valence-electron chi connectivity index (χ3n) is 3.90. The molecule has 4 rings (SSSR count). The molecule has 2 aromatic rings. The fourth-order valence-corrected chi connectivity index (χ4v) is 3.90. The highest BCUT2D eigenvalue weighted by molar-refractivity contribution is 7.99. The van der Waals surface area contributed by atoms with E-state index in [1.54, 1.807) is 0 Å². The number of para-hydroxylation sites is 1. The number of hydrogen-bond donors (Lipinski definition) is 0. The molecule has 106 valence electrons. The Kier molecular flexibility index (Phi) is 3.29. The van der Waals surface area contributed by atoms with Crippen LogP contribution in [0.4, 0.5) is 11.4 Å². The normalized spacial score (nSPS) is 15.2. The minimum atomic E-state index is 0.257. The third-order valence-corrected chi connectivity index (χ3v) is 5.01. The molecule has 1 aliphatic heterocycles. The van der Waals surface area contributed by atoms with Gasteiger partial charge in [-0.2, -0.15) is 0 Å². The SMILES string of the molecule is CN1c2ccccc2Sc2cc(C#CC3C=CC=C3)ccc21. The van der Waals surface area contributed by atoms with Crippen LogP contribution >= 0.6 is 11.8 Å². The zero-order valence-electron chi connectivity index (χ0n) is 12.3.